The molecular formula is C21H20N2O3. The second-order valence-corrected chi connectivity index (χ2v) is 6.01. The minimum atomic E-state index is -0.350. The molecule has 3 aromatic rings. The number of hydrogen-bond acceptors (Lipinski definition) is 3. The van der Waals surface area contributed by atoms with Gasteiger partial charge in [-0.05, 0) is 48.7 Å². The highest BCUT2D eigenvalue weighted by Gasteiger charge is 2.15. The summed E-state index contributed by atoms with van der Waals surface area (Å²) in [7, 11) is 1.56. The van der Waals surface area contributed by atoms with E-state index >= 15 is 0 Å². The molecule has 0 aliphatic rings. The number of nitrogens with one attached hydrogen (secondary N) is 1. The molecule has 5 heteroatoms. The van der Waals surface area contributed by atoms with E-state index in [9.17, 15) is 9.59 Å². The third-order valence-corrected chi connectivity index (χ3v) is 4.17. The summed E-state index contributed by atoms with van der Waals surface area (Å²) in [6.07, 6.45) is 1.60. The molecule has 1 aromatic heterocycles. The third-order valence-electron chi connectivity index (χ3n) is 4.17. The first-order valence-electron chi connectivity index (χ1n) is 8.24. The Morgan fingerprint density at radius 2 is 1.92 bits per heavy atom. The normalized spacial score (nSPS) is 10.5. The predicted octanol–water partition coefficient (Wildman–Crippen LogP) is 3.76. The molecule has 1 heterocycles. The van der Waals surface area contributed by atoms with Crippen molar-refractivity contribution in [2.24, 2.45) is 0 Å². The Labute approximate surface area is 151 Å². The molecule has 0 atom stereocenters. The van der Waals surface area contributed by atoms with Crippen LogP contribution in [-0.4, -0.2) is 17.6 Å². The number of anilines is 1. The molecule has 3 rings (SSSR count). The van der Waals surface area contributed by atoms with E-state index in [2.05, 4.69) is 11.9 Å². The Morgan fingerprint density at radius 1 is 1.19 bits per heavy atom. The molecule has 1 amide bonds. The molecule has 0 fully saturated rings. The van der Waals surface area contributed by atoms with Crippen molar-refractivity contribution in [2.45, 2.75) is 13.5 Å². The number of aryl methyl sites for hydroxylation is 1. The lowest BCUT2D eigenvalue weighted by Crippen LogP contribution is -2.28. The number of benzene rings is 2. The maximum Gasteiger partial charge on any atom is 0.272 e. The van der Waals surface area contributed by atoms with Gasteiger partial charge in [-0.25, -0.2) is 0 Å². The van der Waals surface area contributed by atoms with Gasteiger partial charge >= 0.3 is 0 Å². The topological polar surface area (TPSA) is 60.3 Å². The number of carbonyl (C=O) groups is 1. The molecule has 0 radical (unpaired) electrons. The van der Waals surface area contributed by atoms with E-state index in [1.54, 1.807) is 37.5 Å². The number of ether oxygens (including phenoxy) is 1. The fourth-order valence-electron chi connectivity index (χ4n) is 2.79. The number of carbonyl (C=O) groups excluding carboxylic acids is 1. The lowest BCUT2D eigenvalue weighted by Gasteiger charge is -2.14. The van der Waals surface area contributed by atoms with Gasteiger partial charge in [-0.2, -0.15) is 0 Å². The van der Waals surface area contributed by atoms with Crippen LogP contribution in [0.3, 0.4) is 0 Å². The van der Waals surface area contributed by atoms with Gasteiger partial charge in [0.2, 0.25) is 0 Å². The van der Waals surface area contributed by atoms with Gasteiger partial charge in [0.05, 0.1) is 7.11 Å². The van der Waals surface area contributed by atoms with Crippen LogP contribution < -0.4 is 15.6 Å². The van der Waals surface area contributed by atoms with Gasteiger partial charge in [0, 0.05) is 17.6 Å². The number of rotatable bonds is 5. The van der Waals surface area contributed by atoms with Crippen molar-refractivity contribution in [3.05, 3.63) is 82.8 Å². The minimum Gasteiger partial charge on any atom is -0.497 e. The number of pyridine rings is 1. The molecule has 0 unspecified atom stereocenters. The van der Waals surface area contributed by atoms with E-state index in [0.29, 0.717) is 22.2 Å². The molecular weight excluding hydrogens is 328 g/mol. The molecule has 2 aromatic carbocycles. The molecule has 132 valence electrons. The summed E-state index contributed by atoms with van der Waals surface area (Å²) in [5.74, 6) is 0.279. The van der Waals surface area contributed by atoms with Gasteiger partial charge in [-0.3, -0.25) is 14.2 Å². The minimum absolute atomic E-state index is 0.237. The largest absolute Gasteiger partial charge is 0.497 e. The van der Waals surface area contributed by atoms with Gasteiger partial charge in [0.15, 0.2) is 0 Å². The first-order valence-corrected chi connectivity index (χ1v) is 8.24. The van der Waals surface area contributed by atoms with Gasteiger partial charge in [0.1, 0.15) is 11.4 Å². The molecule has 26 heavy (non-hydrogen) atoms. The Bertz CT molecular complexity index is 1030. The SMILES string of the molecule is C=CCn1c(C(=O)Nc2ccc(C)cc2)cc2cc(OC)ccc2c1=O. The monoisotopic (exact) mass is 348 g/mol. The summed E-state index contributed by atoms with van der Waals surface area (Å²) >= 11 is 0. The molecule has 1 N–H and O–H groups in total. The molecule has 0 saturated carbocycles. The highest BCUT2D eigenvalue weighted by Crippen LogP contribution is 2.20. The van der Waals surface area contributed by atoms with Crippen molar-refractivity contribution in [2.75, 3.05) is 12.4 Å². The van der Waals surface area contributed by atoms with Crippen LogP contribution in [0, 0.1) is 6.92 Å². The number of aromatic nitrogens is 1. The zero-order valence-corrected chi connectivity index (χ0v) is 14.8. The average molecular weight is 348 g/mol. The van der Waals surface area contributed by atoms with Crippen LogP contribution in [0.25, 0.3) is 10.8 Å². The molecule has 5 nitrogen and oxygen atoms in total. The van der Waals surface area contributed by atoms with E-state index in [4.69, 9.17) is 4.74 Å². The van der Waals surface area contributed by atoms with Crippen molar-refractivity contribution >= 4 is 22.4 Å². The zero-order valence-electron chi connectivity index (χ0n) is 14.8. The number of allylic oxidation sites excluding steroid dienone is 1. The van der Waals surface area contributed by atoms with Crippen LogP contribution in [0.1, 0.15) is 16.1 Å². The zero-order chi connectivity index (χ0) is 18.7. The van der Waals surface area contributed by atoms with Crippen LogP contribution in [0.4, 0.5) is 5.69 Å². The fraction of sp³-hybridized carbons (Fsp3) is 0.143. The summed E-state index contributed by atoms with van der Waals surface area (Å²) in [6, 6.07) is 14.4. The van der Waals surface area contributed by atoms with Crippen molar-refractivity contribution in [3.8, 4) is 5.75 Å². The molecule has 0 bridgehead atoms. The summed E-state index contributed by atoms with van der Waals surface area (Å²) in [5.41, 5.74) is 1.81. The van der Waals surface area contributed by atoms with Gasteiger partial charge in [-0.15, -0.1) is 6.58 Å². The van der Waals surface area contributed by atoms with Crippen molar-refractivity contribution in [3.63, 3.8) is 0 Å². The van der Waals surface area contributed by atoms with Crippen molar-refractivity contribution in [1.82, 2.24) is 4.57 Å². The quantitative estimate of drug-likeness (QED) is 0.714. The Morgan fingerprint density at radius 3 is 2.58 bits per heavy atom. The average Bonchev–Trinajstić information content (AvgIpc) is 2.65. The first-order chi connectivity index (χ1) is 12.5. The highest BCUT2D eigenvalue weighted by molar-refractivity contribution is 6.05. The summed E-state index contributed by atoms with van der Waals surface area (Å²) in [4.78, 5) is 25.6. The second kappa shape index (κ2) is 7.27. The Balaban J connectivity index is 2.10. The molecule has 0 aliphatic heterocycles. The smallest absolute Gasteiger partial charge is 0.272 e. The number of amides is 1. The standard InChI is InChI=1S/C21H20N2O3/c1-4-11-23-19(20(24)22-16-7-5-14(2)6-8-16)13-15-12-17(26-3)9-10-18(15)21(23)25/h4-10,12-13H,1,11H2,2-3H3,(H,22,24). The van der Waals surface area contributed by atoms with Gasteiger partial charge in [0.25, 0.3) is 11.5 Å². The third kappa shape index (κ3) is 3.37. The Kier molecular flexibility index (Phi) is 4.89. The van der Waals surface area contributed by atoms with E-state index in [0.717, 1.165) is 5.56 Å². The van der Waals surface area contributed by atoms with Crippen LogP contribution in [0.15, 0.2) is 66.0 Å². The summed E-state index contributed by atoms with van der Waals surface area (Å²) < 4.78 is 6.64. The summed E-state index contributed by atoms with van der Waals surface area (Å²) in [5, 5.41) is 4.02. The van der Waals surface area contributed by atoms with Crippen LogP contribution >= 0.6 is 0 Å². The predicted molar refractivity (Wildman–Crippen MR) is 104 cm³/mol. The van der Waals surface area contributed by atoms with Crippen LogP contribution in [0.5, 0.6) is 5.75 Å². The van der Waals surface area contributed by atoms with E-state index < -0.39 is 0 Å². The maximum atomic E-state index is 12.8. The fourth-order valence-corrected chi connectivity index (χ4v) is 2.79. The molecule has 0 spiro atoms. The number of nitrogens with zero attached hydrogens (tertiary/aromatic N) is 1. The van der Waals surface area contributed by atoms with Gasteiger partial charge in [-0.1, -0.05) is 23.8 Å². The lowest BCUT2D eigenvalue weighted by atomic mass is 10.1. The van der Waals surface area contributed by atoms with E-state index in [1.165, 1.54) is 4.57 Å². The number of hydrogen-bond donors (Lipinski definition) is 1. The Hall–Kier alpha value is -3.34. The van der Waals surface area contributed by atoms with Crippen molar-refractivity contribution in [1.29, 1.82) is 0 Å². The van der Waals surface area contributed by atoms with Gasteiger partial charge < -0.3 is 10.1 Å². The maximum absolute atomic E-state index is 12.8. The molecule has 0 saturated heterocycles. The van der Waals surface area contributed by atoms with E-state index in [-0.39, 0.29) is 23.7 Å². The highest BCUT2D eigenvalue weighted by atomic mass is 16.5. The van der Waals surface area contributed by atoms with Crippen LogP contribution in [0.2, 0.25) is 0 Å². The number of fused-ring (bicyclic) bond motifs is 1. The van der Waals surface area contributed by atoms with Crippen molar-refractivity contribution < 1.29 is 9.53 Å². The first kappa shape index (κ1) is 17.5. The summed E-state index contributed by atoms with van der Waals surface area (Å²) in [6.45, 7) is 5.91. The second-order valence-electron chi connectivity index (χ2n) is 6.01. The number of methoxy groups -OCH3 is 1. The van der Waals surface area contributed by atoms with E-state index in [1.807, 2.05) is 31.2 Å². The molecule has 0 aliphatic carbocycles. The van der Waals surface area contributed by atoms with Crippen LogP contribution in [-0.2, 0) is 6.54 Å². The lowest BCUT2D eigenvalue weighted by molar-refractivity contribution is 0.101.